The molecule has 0 N–H and O–H groups in total. The number of aryl methyl sites for hydroxylation is 3. The largest absolute Gasteiger partial charge is 0.457 e. The van der Waals surface area contributed by atoms with Gasteiger partial charge in [-0.3, -0.25) is 19.4 Å². The van der Waals surface area contributed by atoms with Gasteiger partial charge in [0.15, 0.2) is 0 Å². The summed E-state index contributed by atoms with van der Waals surface area (Å²) >= 11 is 0. The van der Waals surface area contributed by atoms with E-state index in [0.29, 0.717) is 91.4 Å². The van der Waals surface area contributed by atoms with Gasteiger partial charge in [0.05, 0.1) is 33.9 Å². The quantitative estimate of drug-likeness (QED) is 0.0378. The lowest BCUT2D eigenvalue weighted by molar-refractivity contribution is -0.139. The van der Waals surface area contributed by atoms with Crippen LogP contribution in [-0.2, 0) is 38.7 Å². The maximum atomic E-state index is 14.4. The molecule has 0 atom stereocenters. The second kappa shape index (κ2) is 23.8. The van der Waals surface area contributed by atoms with Gasteiger partial charge in [0.1, 0.15) is 19.0 Å². The molecule has 1 aromatic heterocycles. The van der Waals surface area contributed by atoms with Crippen LogP contribution in [0.5, 0.6) is 5.75 Å². The van der Waals surface area contributed by atoms with E-state index >= 15 is 0 Å². The van der Waals surface area contributed by atoms with Crippen molar-refractivity contribution in [3.63, 3.8) is 0 Å². The number of amides is 2. The van der Waals surface area contributed by atoms with Gasteiger partial charge in [-0.15, -0.1) is 0 Å². The monoisotopic (exact) mass is 1110 g/mol. The number of allylic oxidation sites excluding steroid dienone is 1. The Kier molecular flexibility index (Phi) is 15.8. The predicted octanol–water partition coefficient (Wildman–Crippen LogP) is 14.1. The topological polar surface area (TPSA) is 137 Å². The van der Waals surface area contributed by atoms with Gasteiger partial charge in [-0.1, -0.05) is 121 Å². The molecule has 0 aliphatic carbocycles. The van der Waals surface area contributed by atoms with Gasteiger partial charge in [-0.25, -0.2) is 14.5 Å². The highest BCUT2D eigenvalue weighted by Gasteiger charge is 2.36. The van der Waals surface area contributed by atoms with Gasteiger partial charge >= 0.3 is 17.9 Å². The highest BCUT2D eigenvalue weighted by Crippen LogP contribution is 2.45. The average Bonchev–Trinajstić information content (AvgIpc) is 1.29. The Hall–Kier alpha value is -10.1. The molecule has 0 unspecified atom stereocenters. The van der Waals surface area contributed by atoms with E-state index in [1.165, 1.54) is 4.90 Å². The van der Waals surface area contributed by atoms with Crippen LogP contribution in [0.15, 0.2) is 210 Å². The number of rotatable bonds is 17. The summed E-state index contributed by atoms with van der Waals surface area (Å²) in [5.74, 6) is -1.80. The third-order valence-corrected chi connectivity index (χ3v) is 15.8. The molecule has 2 amide bonds. The molecule has 0 fully saturated rings. The average molecular weight is 1110 g/mol. The number of ether oxygens (including phenoxy) is 3. The molecule has 0 bridgehead atoms. The van der Waals surface area contributed by atoms with E-state index in [-0.39, 0.29) is 19.6 Å². The summed E-state index contributed by atoms with van der Waals surface area (Å²) in [6.07, 6.45) is 1.15. The van der Waals surface area contributed by atoms with Crippen molar-refractivity contribution in [1.29, 1.82) is 0 Å². The number of para-hydroxylation sites is 2. The van der Waals surface area contributed by atoms with Crippen LogP contribution < -0.4 is 14.5 Å². The fourth-order valence-corrected chi connectivity index (χ4v) is 11.7. The minimum absolute atomic E-state index is 0.0958. The minimum atomic E-state index is -0.495. The zero-order valence-corrected chi connectivity index (χ0v) is 48.0. The molecule has 2 aliphatic heterocycles. The van der Waals surface area contributed by atoms with E-state index in [9.17, 15) is 24.0 Å². The normalized spacial score (nSPS) is 13.5. The Labute approximate surface area is 489 Å². The maximum absolute atomic E-state index is 14.4. The predicted molar refractivity (Wildman–Crippen MR) is 332 cm³/mol. The minimum Gasteiger partial charge on any atom is -0.457 e. The highest BCUT2D eigenvalue weighted by atomic mass is 16.5. The van der Waals surface area contributed by atoms with Crippen LogP contribution in [0.4, 0.5) is 22.7 Å². The van der Waals surface area contributed by atoms with Crippen LogP contribution in [-0.4, -0.2) is 47.9 Å². The lowest BCUT2D eigenvalue weighted by Crippen LogP contribution is -2.40. The molecule has 9 aromatic rings. The molecule has 416 valence electrons. The molecule has 12 nitrogen and oxygen atoms in total. The fraction of sp³-hybridized carbons (Fsp3) is 0.155. The van der Waals surface area contributed by atoms with Gasteiger partial charge in [0, 0.05) is 56.7 Å². The van der Waals surface area contributed by atoms with Gasteiger partial charge in [-0.05, 0) is 166 Å². The van der Waals surface area contributed by atoms with Crippen LogP contribution in [0.3, 0.4) is 0 Å². The van der Waals surface area contributed by atoms with Crippen LogP contribution >= 0.6 is 0 Å². The van der Waals surface area contributed by atoms with Crippen molar-refractivity contribution in [2.45, 2.75) is 74.0 Å². The first-order valence-corrected chi connectivity index (χ1v) is 28.0. The summed E-state index contributed by atoms with van der Waals surface area (Å²) < 4.78 is 19.7. The fourth-order valence-electron chi connectivity index (χ4n) is 11.7. The van der Waals surface area contributed by atoms with Gasteiger partial charge in [-0.2, -0.15) is 0 Å². The lowest BCUT2D eigenvalue weighted by atomic mass is 9.88. The number of nitrogens with zero attached hydrogens (tertiary/aromatic N) is 4. The third-order valence-electron chi connectivity index (χ3n) is 15.8. The smallest absolute Gasteiger partial charge is 0.340 e. The van der Waals surface area contributed by atoms with Crippen molar-refractivity contribution in [2.75, 3.05) is 9.80 Å². The second-order valence-corrected chi connectivity index (χ2v) is 21.3. The number of aliphatic imine (C=N–C) groups is 1. The summed E-state index contributed by atoms with van der Waals surface area (Å²) in [5, 5.41) is 1.41. The van der Waals surface area contributed by atoms with Crippen molar-refractivity contribution in [3.8, 4) is 5.75 Å². The van der Waals surface area contributed by atoms with E-state index in [4.69, 9.17) is 19.2 Å². The molecule has 0 radical (unpaired) electrons. The molecule has 3 heterocycles. The van der Waals surface area contributed by atoms with Crippen LogP contribution in [0.25, 0.3) is 16.3 Å². The first-order valence-electron chi connectivity index (χ1n) is 28.0. The van der Waals surface area contributed by atoms with E-state index in [1.807, 2.05) is 217 Å². The molecular formula is C71H61BN4O8. The SMILES string of the molecule is Bn1c(C)c(C(=O)OCc2ccccc2)c(C)c1/C(=C1\N=C(C)C(C(=O)OCc2ccccc2)=C1C)c1c(C)cc(OC(=O)CCCc2ccc(N3C(=O)c4cccc5c(N(c6ccccc6)c6ccccc6)ccc(c45)C3=O)cc2)cc1C. The first kappa shape index (κ1) is 55.8. The molecular weight excluding hydrogens is 1050 g/mol. The van der Waals surface area contributed by atoms with E-state index in [1.54, 1.807) is 25.1 Å². The molecule has 84 heavy (non-hydrogen) atoms. The molecule has 11 rings (SSSR count). The van der Waals surface area contributed by atoms with Crippen LogP contribution in [0.2, 0.25) is 0 Å². The Morgan fingerprint density at radius 3 is 1.71 bits per heavy atom. The molecule has 0 saturated carbocycles. The van der Waals surface area contributed by atoms with E-state index in [0.717, 1.165) is 55.8 Å². The van der Waals surface area contributed by atoms with Crippen molar-refractivity contribution < 1.29 is 38.2 Å². The summed E-state index contributed by atoms with van der Waals surface area (Å²) in [4.78, 5) is 78.7. The number of esters is 3. The summed E-state index contributed by atoms with van der Waals surface area (Å²) in [7, 11) is 1.90. The van der Waals surface area contributed by atoms with Crippen molar-refractivity contribution >= 4 is 82.5 Å². The second-order valence-electron chi connectivity index (χ2n) is 21.3. The third kappa shape index (κ3) is 10.8. The molecule has 0 spiro atoms. The lowest BCUT2D eigenvalue weighted by Gasteiger charge is -2.31. The summed E-state index contributed by atoms with van der Waals surface area (Å²) in [6, 6.07) is 59.3. The van der Waals surface area contributed by atoms with Gasteiger partial charge in [0.25, 0.3) is 11.8 Å². The number of carbonyl (C=O) groups is 5. The standard InChI is InChI=1S/C71H61BN4O8/c1-43-39-55(40-44(2)61(43)65(66-45(3)62(47(5)73-66)70(80)82-41-50-21-11-7-12-22-50)67-46(4)63(48(6)76(67)72)71(81)83-42-51-23-13-8-14-24-51)84-60(77)32-19-25-49-33-35-54(36-34-49)75-68(78)57-31-20-30-56-59(38-37-58(64(56)57)69(75)79)74(52-26-15-9-16-27-52)53-28-17-10-18-29-53/h7-18,20-24,26-31,33-40H,19,25,32,41-42,72H2,1-6H3/b66-65-. The summed E-state index contributed by atoms with van der Waals surface area (Å²) in [6.45, 7) is 11.5. The Balaban J connectivity index is 0.810. The maximum Gasteiger partial charge on any atom is 0.340 e. The molecule has 0 saturated heterocycles. The zero-order valence-electron chi connectivity index (χ0n) is 48.0. The Morgan fingerprint density at radius 1 is 0.583 bits per heavy atom. The number of imide groups is 1. The van der Waals surface area contributed by atoms with Crippen molar-refractivity contribution in [1.82, 2.24) is 4.48 Å². The van der Waals surface area contributed by atoms with Crippen LogP contribution in [0.1, 0.15) is 108 Å². The molecule has 8 aromatic carbocycles. The van der Waals surface area contributed by atoms with Crippen molar-refractivity contribution in [3.05, 3.63) is 272 Å². The van der Waals surface area contributed by atoms with E-state index in [2.05, 4.69) is 4.90 Å². The number of hydrogen-bond donors (Lipinski definition) is 0. The number of hydrogen-bond acceptors (Lipinski definition) is 10. The van der Waals surface area contributed by atoms with Gasteiger partial charge < -0.3 is 23.6 Å². The highest BCUT2D eigenvalue weighted by molar-refractivity contribution is 6.36. The van der Waals surface area contributed by atoms with Crippen molar-refractivity contribution in [2.24, 2.45) is 4.99 Å². The molecule has 2 aliphatic rings. The molecule has 13 heteroatoms. The number of anilines is 4. The number of carbonyl (C=O) groups excluding carboxylic acids is 5. The van der Waals surface area contributed by atoms with E-state index < -0.39 is 29.7 Å². The first-order chi connectivity index (χ1) is 40.7. The van der Waals surface area contributed by atoms with Crippen LogP contribution in [0, 0.1) is 27.7 Å². The number of aromatic nitrogens is 1. The number of benzene rings is 8. The zero-order chi connectivity index (χ0) is 58.8. The Bertz CT molecular complexity index is 4100. The van der Waals surface area contributed by atoms with Gasteiger partial charge in [0.2, 0.25) is 7.98 Å². The Morgan fingerprint density at radius 2 is 1.13 bits per heavy atom. The summed E-state index contributed by atoms with van der Waals surface area (Å²) in [5.41, 5.74) is 14.3.